The van der Waals surface area contributed by atoms with Crippen molar-refractivity contribution in [2.24, 2.45) is 0 Å². The number of carboxylic acid groups (broad SMARTS) is 1. The molecule has 1 saturated carbocycles. The Labute approximate surface area is 122 Å². The lowest BCUT2D eigenvalue weighted by Crippen LogP contribution is -1.92. The molecule has 1 aliphatic carbocycles. The van der Waals surface area contributed by atoms with Crippen molar-refractivity contribution in [3.8, 4) is 11.1 Å². The summed E-state index contributed by atoms with van der Waals surface area (Å²) in [4.78, 5) is 14.6. The van der Waals surface area contributed by atoms with Crippen LogP contribution >= 0.6 is 12.4 Å². The first kappa shape index (κ1) is 14.3. The van der Waals surface area contributed by atoms with E-state index >= 15 is 0 Å². The van der Waals surface area contributed by atoms with Gasteiger partial charge in [-0.1, -0.05) is 0 Å². The average molecular weight is 292 g/mol. The van der Waals surface area contributed by atoms with Gasteiger partial charge in [0.25, 0.3) is 0 Å². The fourth-order valence-electron chi connectivity index (χ4n) is 1.98. The zero-order chi connectivity index (χ0) is 13.2. The van der Waals surface area contributed by atoms with E-state index in [1.54, 1.807) is 18.5 Å². The lowest BCUT2D eigenvalue weighted by Gasteiger charge is -2.02. The van der Waals surface area contributed by atoms with Crippen LogP contribution in [0.3, 0.4) is 0 Å². The smallest absolute Gasteiger partial charge is 0.328 e. The molecule has 2 aromatic heterocycles. The largest absolute Gasteiger partial charge is 0.478 e. The van der Waals surface area contributed by atoms with Crippen molar-refractivity contribution in [1.82, 2.24) is 14.8 Å². The molecule has 1 aliphatic rings. The topological polar surface area (TPSA) is 68.0 Å². The summed E-state index contributed by atoms with van der Waals surface area (Å²) < 4.78 is 1.97. The molecular weight excluding hydrogens is 278 g/mol. The van der Waals surface area contributed by atoms with E-state index in [9.17, 15) is 4.79 Å². The summed E-state index contributed by atoms with van der Waals surface area (Å²) in [6, 6.07) is 2.41. The van der Waals surface area contributed by atoms with Gasteiger partial charge in [0.1, 0.15) is 0 Å². The summed E-state index contributed by atoms with van der Waals surface area (Å²) in [5.74, 6) is -0.969. The van der Waals surface area contributed by atoms with Gasteiger partial charge in [-0.25, -0.2) is 4.79 Å². The van der Waals surface area contributed by atoms with Crippen LogP contribution in [0.1, 0.15) is 24.4 Å². The molecule has 0 atom stereocenters. The van der Waals surface area contributed by atoms with Gasteiger partial charge in [-0.3, -0.25) is 9.67 Å². The first-order chi connectivity index (χ1) is 9.24. The molecule has 3 rings (SSSR count). The van der Waals surface area contributed by atoms with Crippen LogP contribution in [0.4, 0.5) is 0 Å². The summed E-state index contributed by atoms with van der Waals surface area (Å²) >= 11 is 0. The molecule has 2 aromatic rings. The zero-order valence-corrected chi connectivity index (χ0v) is 11.5. The maximum absolute atomic E-state index is 10.6. The molecule has 0 spiro atoms. The molecule has 0 unspecified atom stereocenters. The van der Waals surface area contributed by atoms with Gasteiger partial charge in [-0.05, 0) is 30.5 Å². The highest BCUT2D eigenvalue weighted by Crippen LogP contribution is 2.35. The van der Waals surface area contributed by atoms with Gasteiger partial charge in [0.2, 0.25) is 0 Å². The monoisotopic (exact) mass is 291 g/mol. The van der Waals surface area contributed by atoms with Gasteiger partial charge in [0, 0.05) is 35.8 Å². The van der Waals surface area contributed by atoms with Crippen molar-refractivity contribution >= 4 is 24.5 Å². The molecule has 0 amide bonds. The predicted octanol–water partition coefficient (Wildman–Crippen LogP) is 2.80. The molecule has 0 aromatic carbocycles. The third kappa shape index (κ3) is 3.05. The minimum absolute atomic E-state index is 0. The van der Waals surface area contributed by atoms with E-state index in [1.165, 1.54) is 12.8 Å². The van der Waals surface area contributed by atoms with Crippen LogP contribution in [0.2, 0.25) is 0 Å². The highest BCUT2D eigenvalue weighted by atomic mass is 35.5. The van der Waals surface area contributed by atoms with E-state index in [1.807, 2.05) is 23.1 Å². The fourth-order valence-corrected chi connectivity index (χ4v) is 1.98. The summed E-state index contributed by atoms with van der Waals surface area (Å²) in [5.41, 5.74) is 2.71. The quantitative estimate of drug-likeness (QED) is 0.880. The van der Waals surface area contributed by atoms with Gasteiger partial charge in [0.15, 0.2) is 0 Å². The van der Waals surface area contributed by atoms with Gasteiger partial charge < -0.3 is 5.11 Å². The summed E-state index contributed by atoms with van der Waals surface area (Å²) in [5, 5.41) is 13.0. The van der Waals surface area contributed by atoms with Crippen molar-refractivity contribution in [2.75, 3.05) is 0 Å². The molecule has 6 heteroatoms. The van der Waals surface area contributed by atoms with Crippen molar-refractivity contribution < 1.29 is 9.90 Å². The first-order valence-corrected chi connectivity index (χ1v) is 6.13. The minimum atomic E-state index is -0.969. The number of pyridine rings is 1. The lowest BCUT2D eigenvalue weighted by atomic mass is 10.1. The highest BCUT2D eigenvalue weighted by molar-refractivity contribution is 5.87. The van der Waals surface area contributed by atoms with Gasteiger partial charge in [-0.2, -0.15) is 5.10 Å². The Hall–Kier alpha value is -2.14. The van der Waals surface area contributed by atoms with E-state index in [4.69, 9.17) is 5.11 Å². The molecular formula is C14H14ClN3O2. The fraction of sp³-hybridized carbons (Fsp3) is 0.214. The first-order valence-electron chi connectivity index (χ1n) is 6.13. The van der Waals surface area contributed by atoms with Crippen LogP contribution in [-0.4, -0.2) is 25.8 Å². The standard InChI is InChI=1S/C14H13N3O2.ClH/c18-14(19)4-1-10-7-15-6-5-13(10)11-8-16-17(9-11)12-2-3-12;/h1,4-9,12H,2-3H2,(H,18,19);1H/b4-1+;. The minimum Gasteiger partial charge on any atom is -0.478 e. The number of hydrogen-bond acceptors (Lipinski definition) is 3. The van der Waals surface area contributed by atoms with Crippen LogP contribution < -0.4 is 0 Å². The average Bonchev–Trinajstić information content (AvgIpc) is 3.15. The molecule has 0 bridgehead atoms. The number of aromatic nitrogens is 3. The third-order valence-corrected chi connectivity index (χ3v) is 3.09. The number of carbonyl (C=O) groups is 1. The number of aliphatic carboxylic acids is 1. The van der Waals surface area contributed by atoms with E-state index in [2.05, 4.69) is 10.1 Å². The van der Waals surface area contributed by atoms with E-state index in [0.29, 0.717) is 6.04 Å². The van der Waals surface area contributed by atoms with Gasteiger partial charge in [-0.15, -0.1) is 12.4 Å². The van der Waals surface area contributed by atoms with Crippen molar-refractivity contribution in [3.63, 3.8) is 0 Å². The molecule has 104 valence electrons. The second-order valence-corrected chi connectivity index (χ2v) is 4.57. The second kappa shape index (κ2) is 5.88. The highest BCUT2D eigenvalue weighted by Gasteiger charge is 2.24. The normalized spacial score (nSPS) is 14.2. The van der Waals surface area contributed by atoms with E-state index in [-0.39, 0.29) is 12.4 Å². The van der Waals surface area contributed by atoms with E-state index < -0.39 is 5.97 Å². The van der Waals surface area contributed by atoms with Gasteiger partial charge in [0.05, 0.1) is 12.2 Å². The lowest BCUT2D eigenvalue weighted by molar-refractivity contribution is -0.131. The Morgan fingerprint density at radius 1 is 1.40 bits per heavy atom. The zero-order valence-electron chi connectivity index (χ0n) is 10.6. The molecule has 0 saturated heterocycles. The third-order valence-electron chi connectivity index (χ3n) is 3.09. The summed E-state index contributed by atoms with van der Waals surface area (Å²) in [6.07, 6.45) is 12.2. The molecule has 20 heavy (non-hydrogen) atoms. The van der Waals surface area contributed by atoms with Crippen LogP contribution in [0, 0.1) is 0 Å². The Morgan fingerprint density at radius 2 is 2.20 bits per heavy atom. The number of nitrogens with zero attached hydrogens (tertiary/aromatic N) is 3. The summed E-state index contributed by atoms with van der Waals surface area (Å²) in [7, 11) is 0. The van der Waals surface area contributed by atoms with E-state index in [0.717, 1.165) is 22.8 Å². The maximum Gasteiger partial charge on any atom is 0.328 e. The Balaban J connectivity index is 0.00000147. The second-order valence-electron chi connectivity index (χ2n) is 4.57. The van der Waals surface area contributed by atoms with Crippen LogP contribution in [0.5, 0.6) is 0 Å². The van der Waals surface area contributed by atoms with Crippen LogP contribution in [0.25, 0.3) is 17.2 Å². The van der Waals surface area contributed by atoms with Crippen LogP contribution in [-0.2, 0) is 4.79 Å². The van der Waals surface area contributed by atoms with Crippen molar-refractivity contribution in [1.29, 1.82) is 0 Å². The molecule has 2 heterocycles. The molecule has 0 aliphatic heterocycles. The molecule has 1 N–H and O–H groups in total. The molecule has 0 radical (unpaired) electrons. The molecule has 5 nitrogen and oxygen atoms in total. The number of halogens is 1. The Kier molecular flexibility index (Phi) is 4.20. The van der Waals surface area contributed by atoms with Crippen molar-refractivity contribution in [3.05, 3.63) is 42.5 Å². The Morgan fingerprint density at radius 3 is 2.90 bits per heavy atom. The predicted molar refractivity (Wildman–Crippen MR) is 77.6 cm³/mol. The number of hydrogen-bond donors (Lipinski definition) is 1. The summed E-state index contributed by atoms with van der Waals surface area (Å²) in [6.45, 7) is 0. The Bertz CT molecular complexity index is 647. The van der Waals surface area contributed by atoms with Gasteiger partial charge >= 0.3 is 5.97 Å². The number of carboxylic acids is 1. The van der Waals surface area contributed by atoms with Crippen LogP contribution in [0.15, 0.2) is 36.9 Å². The maximum atomic E-state index is 10.6. The SMILES string of the molecule is Cl.O=C(O)/C=C/c1cnccc1-c1cnn(C2CC2)c1. The number of rotatable bonds is 4. The molecule has 1 fully saturated rings. The van der Waals surface area contributed by atoms with Crippen molar-refractivity contribution in [2.45, 2.75) is 18.9 Å².